The van der Waals surface area contributed by atoms with E-state index in [2.05, 4.69) is 4.90 Å². The summed E-state index contributed by atoms with van der Waals surface area (Å²) in [7, 11) is 1.75. The minimum Gasteiger partial charge on any atom is -0.486 e. The summed E-state index contributed by atoms with van der Waals surface area (Å²) in [5, 5.41) is 0. The SMILES string of the molecule is CN1C(=O)c2ccc(-c3ccc(F)cc3F)cc2O[C@H]2CN(Cc3cccc(F)c3)C[C@H]21. The molecule has 1 saturated heterocycles. The lowest BCUT2D eigenvalue weighted by molar-refractivity contribution is 0.0682. The number of likely N-dealkylation sites (N-methyl/N-ethyl adjacent to an activating group) is 1. The number of amides is 1. The highest BCUT2D eigenvalue weighted by Crippen LogP contribution is 2.35. The Hall–Kier alpha value is -3.32. The summed E-state index contributed by atoms with van der Waals surface area (Å²) < 4.78 is 47.4. The van der Waals surface area contributed by atoms with Crippen molar-refractivity contribution in [2.75, 3.05) is 20.1 Å². The quantitative estimate of drug-likeness (QED) is 0.604. The highest BCUT2D eigenvalue weighted by molar-refractivity contribution is 5.98. The Balaban J connectivity index is 1.43. The molecule has 32 heavy (non-hydrogen) atoms. The number of ether oxygens (including phenoxy) is 1. The molecule has 1 amide bonds. The van der Waals surface area contributed by atoms with Crippen molar-refractivity contribution in [2.45, 2.75) is 18.7 Å². The van der Waals surface area contributed by atoms with Crippen molar-refractivity contribution >= 4 is 5.91 Å². The van der Waals surface area contributed by atoms with E-state index in [1.54, 1.807) is 36.2 Å². The third kappa shape index (κ3) is 3.73. The number of halogens is 3. The van der Waals surface area contributed by atoms with Gasteiger partial charge in [0, 0.05) is 38.3 Å². The first-order valence-electron chi connectivity index (χ1n) is 10.4. The van der Waals surface area contributed by atoms with Gasteiger partial charge in [0.2, 0.25) is 0 Å². The maximum Gasteiger partial charge on any atom is 0.257 e. The Morgan fingerprint density at radius 1 is 0.938 bits per heavy atom. The molecule has 0 aliphatic carbocycles. The summed E-state index contributed by atoms with van der Waals surface area (Å²) in [4.78, 5) is 16.9. The largest absolute Gasteiger partial charge is 0.486 e. The fourth-order valence-electron chi connectivity index (χ4n) is 4.53. The van der Waals surface area contributed by atoms with Gasteiger partial charge in [0.25, 0.3) is 5.91 Å². The molecule has 3 aromatic rings. The van der Waals surface area contributed by atoms with Crippen LogP contribution in [-0.4, -0.2) is 48.0 Å². The van der Waals surface area contributed by atoms with E-state index in [-0.39, 0.29) is 29.4 Å². The minimum atomic E-state index is -0.679. The standard InChI is InChI=1S/C25H21F3N2O2/c1-29-22-13-30(12-15-3-2-4-17(26)9-15)14-24(22)32-23-10-16(5-7-20(23)25(29)31)19-8-6-18(27)11-21(19)28/h2-11,22,24H,12-14H2,1H3/t22-,24+/m1/s1. The van der Waals surface area contributed by atoms with Crippen LogP contribution >= 0.6 is 0 Å². The average Bonchev–Trinajstić information content (AvgIpc) is 3.11. The maximum absolute atomic E-state index is 14.3. The van der Waals surface area contributed by atoms with Crippen molar-refractivity contribution < 1.29 is 22.7 Å². The Bertz CT molecular complexity index is 1200. The molecule has 5 rings (SSSR count). The first kappa shape index (κ1) is 20.6. The van der Waals surface area contributed by atoms with Crippen LogP contribution in [0.4, 0.5) is 13.2 Å². The molecule has 2 atom stereocenters. The normalized spacial score (nSPS) is 20.5. The molecule has 4 nitrogen and oxygen atoms in total. The van der Waals surface area contributed by atoms with E-state index < -0.39 is 11.6 Å². The van der Waals surface area contributed by atoms with E-state index in [9.17, 15) is 18.0 Å². The van der Waals surface area contributed by atoms with E-state index in [0.29, 0.717) is 36.5 Å². The molecule has 7 heteroatoms. The van der Waals surface area contributed by atoms with Gasteiger partial charge in [-0.1, -0.05) is 18.2 Å². The van der Waals surface area contributed by atoms with Crippen molar-refractivity contribution in [1.82, 2.24) is 9.80 Å². The number of hydrogen-bond donors (Lipinski definition) is 0. The van der Waals surface area contributed by atoms with E-state index in [4.69, 9.17) is 4.74 Å². The number of carbonyl (C=O) groups is 1. The fraction of sp³-hybridized carbons (Fsp3) is 0.240. The monoisotopic (exact) mass is 438 g/mol. The lowest BCUT2D eigenvalue weighted by Gasteiger charge is -2.25. The predicted octanol–water partition coefficient (Wildman–Crippen LogP) is 4.49. The van der Waals surface area contributed by atoms with Gasteiger partial charge in [0.15, 0.2) is 0 Å². The first-order valence-corrected chi connectivity index (χ1v) is 10.4. The number of carbonyl (C=O) groups excluding carboxylic acids is 1. The third-order valence-corrected chi connectivity index (χ3v) is 6.16. The molecular weight excluding hydrogens is 417 g/mol. The number of hydrogen-bond acceptors (Lipinski definition) is 3. The zero-order valence-corrected chi connectivity index (χ0v) is 17.4. The summed E-state index contributed by atoms with van der Waals surface area (Å²) in [5.74, 6) is -1.41. The average molecular weight is 438 g/mol. The van der Waals surface area contributed by atoms with Crippen LogP contribution in [0.3, 0.4) is 0 Å². The zero-order valence-electron chi connectivity index (χ0n) is 17.4. The van der Waals surface area contributed by atoms with Crippen LogP contribution in [-0.2, 0) is 6.54 Å². The third-order valence-electron chi connectivity index (χ3n) is 6.16. The molecule has 0 aromatic heterocycles. The lowest BCUT2D eigenvalue weighted by Crippen LogP contribution is -2.44. The summed E-state index contributed by atoms with van der Waals surface area (Å²) >= 11 is 0. The van der Waals surface area contributed by atoms with Gasteiger partial charge in [-0.2, -0.15) is 0 Å². The molecule has 2 heterocycles. The minimum absolute atomic E-state index is 0.172. The summed E-state index contributed by atoms with van der Waals surface area (Å²) in [6.07, 6.45) is -0.285. The van der Waals surface area contributed by atoms with Crippen LogP contribution in [0.15, 0.2) is 60.7 Å². The second-order valence-corrected chi connectivity index (χ2v) is 8.30. The topological polar surface area (TPSA) is 32.8 Å². The van der Waals surface area contributed by atoms with E-state index in [0.717, 1.165) is 11.6 Å². The molecule has 2 aliphatic rings. The van der Waals surface area contributed by atoms with Gasteiger partial charge in [0.1, 0.15) is 29.3 Å². The first-order chi connectivity index (χ1) is 15.4. The Morgan fingerprint density at radius 3 is 2.50 bits per heavy atom. The van der Waals surface area contributed by atoms with Crippen molar-refractivity contribution in [3.05, 3.63) is 89.2 Å². The molecule has 164 valence electrons. The zero-order chi connectivity index (χ0) is 22.4. The Morgan fingerprint density at radius 2 is 1.72 bits per heavy atom. The molecule has 0 saturated carbocycles. The van der Waals surface area contributed by atoms with Crippen LogP contribution in [0.25, 0.3) is 11.1 Å². The van der Waals surface area contributed by atoms with Crippen molar-refractivity contribution in [3.8, 4) is 16.9 Å². The predicted molar refractivity (Wildman–Crippen MR) is 114 cm³/mol. The van der Waals surface area contributed by atoms with Crippen molar-refractivity contribution in [3.63, 3.8) is 0 Å². The van der Waals surface area contributed by atoms with Gasteiger partial charge in [-0.25, -0.2) is 13.2 Å². The number of likely N-dealkylation sites (tertiary alicyclic amines) is 1. The highest BCUT2D eigenvalue weighted by Gasteiger charge is 2.42. The Labute approximate surface area is 183 Å². The van der Waals surface area contributed by atoms with Crippen LogP contribution in [0, 0.1) is 17.5 Å². The van der Waals surface area contributed by atoms with Crippen LogP contribution in [0.1, 0.15) is 15.9 Å². The summed E-state index contributed by atoms with van der Waals surface area (Å²) in [5.41, 5.74) is 2.00. The van der Waals surface area contributed by atoms with E-state index >= 15 is 0 Å². The van der Waals surface area contributed by atoms with Gasteiger partial charge >= 0.3 is 0 Å². The second-order valence-electron chi connectivity index (χ2n) is 8.30. The Kier molecular flexibility index (Phi) is 5.13. The molecular formula is C25H21F3N2O2. The summed E-state index contributed by atoms with van der Waals surface area (Å²) in [6.45, 7) is 1.70. The molecule has 0 bridgehead atoms. The number of nitrogens with zero attached hydrogens (tertiary/aromatic N) is 2. The van der Waals surface area contributed by atoms with E-state index in [1.165, 1.54) is 24.3 Å². The molecule has 0 spiro atoms. The maximum atomic E-state index is 14.3. The van der Waals surface area contributed by atoms with Crippen LogP contribution in [0.5, 0.6) is 5.75 Å². The van der Waals surface area contributed by atoms with Crippen molar-refractivity contribution in [2.24, 2.45) is 0 Å². The lowest BCUT2D eigenvalue weighted by atomic mass is 10.0. The number of rotatable bonds is 3. The smallest absolute Gasteiger partial charge is 0.257 e. The van der Waals surface area contributed by atoms with Gasteiger partial charge in [-0.15, -0.1) is 0 Å². The molecule has 0 unspecified atom stereocenters. The molecule has 0 N–H and O–H groups in total. The molecule has 3 aromatic carbocycles. The molecule has 2 aliphatic heterocycles. The molecule has 1 fully saturated rings. The highest BCUT2D eigenvalue weighted by atomic mass is 19.1. The van der Waals surface area contributed by atoms with Gasteiger partial charge in [-0.05, 0) is 47.5 Å². The van der Waals surface area contributed by atoms with Crippen LogP contribution < -0.4 is 4.74 Å². The summed E-state index contributed by atoms with van der Waals surface area (Å²) in [6, 6.07) is 14.6. The van der Waals surface area contributed by atoms with Gasteiger partial charge in [0.05, 0.1) is 11.6 Å². The van der Waals surface area contributed by atoms with Crippen LogP contribution in [0.2, 0.25) is 0 Å². The number of benzene rings is 3. The van der Waals surface area contributed by atoms with E-state index in [1.807, 2.05) is 6.07 Å². The van der Waals surface area contributed by atoms with Gasteiger partial charge in [-0.3, -0.25) is 9.69 Å². The van der Waals surface area contributed by atoms with Crippen molar-refractivity contribution in [1.29, 1.82) is 0 Å². The fourth-order valence-corrected chi connectivity index (χ4v) is 4.53. The van der Waals surface area contributed by atoms with Gasteiger partial charge < -0.3 is 9.64 Å². The number of fused-ring (bicyclic) bond motifs is 2. The molecule has 0 radical (unpaired) electrons. The second kappa shape index (κ2) is 7.98.